The van der Waals surface area contributed by atoms with E-state index < -0.39 is 0 Å². The van der Waals surface area contributed by atoms with E-state index in [2.05, 4.69) is 9.89 Å². The van der Waals surface area contributed by atoms with Crippen molar-refractivity contribution in [2.45, 2.75) is 31.4 Å². The Hall–Kier alpha value is -0.970. The first kappa shape index (κ1) is 14.9. The van der Waals surface area contributed by atoms with E-state index in [-0.39, 0.29) is 12.1 Å². The zero-order chi connectivity index (χ0) is 15.0. The van der Waals surface area contributed by atoms with Crippen molar-refractivity contribution in [3.05, 3.63) is 33.8 Å². The standard InChI is InChI=1S/C15H19Cl2N3O/c1-9-8-20(4-5-21-9)15(18)19-14-7-12(14)11-3-2-10(16)6-13(11)17/h2-3,6,9,12,14H,4-5,7-8H2,1H3,(H2,18,19)/t9?,12-,14+/m0/s1. The van der Waals surface area contributed by atoms with Crippen molar-refractivity contribution < 1.29 is 4.74 Å². The number of rotatable bonds is 2. The Bertz CT molecular complexity index is 564. The Morgan fingerprint density at radius 1 is 1.43 bits per heavy atom. The molecule has 0 aromatic heterocycles. The van der Waals surface area contributed by atoms with Gasteiger partial charge in [0.15, 0.2) is 5.96 Å². The summed E-state index contributed by atoms with van der Waals surface area (Å²) in [6.45, 7) is 4.36. The van der Waals surface area contributed by atoms with Crippen LogP contribution in [-0.2, 0) is 4.74 Å². The fourth-order valence-corrected chi connectivity index (χ4v) is 3.29. The number of aliphatic imine (C=N–C) groups is 1. The number of guanidine groups is 1. The fourth-order valence-electron chi connectivity index (χ4n) is 2.74. The maximum Gasteiger partial charge on any atom is 0.191 e. The fraction of sp³-hybridized carbons (Fsp3) is 0.533. The van der Waals surface area contributed by atoms with E-state index in [1.165, 1.54) is 0 Å². The number of morpholine rings is 1. The molecule has 0 amide bonds. The summed E-state index contributed by atoms with van der Waals surface area (Å²) in [5.41, 5.74) is 7.23. The van der Waals surface area contributed by atoms with Crippen LogP contribution in [0.25, 0.3) is 0 Å². The summed E-state index contributed by atoms with van der Waals surface area (Å²) in [6, 6.07) is 5.86. The van der Waals surface area contributed by atoms with E-state index in [1.807, 2.05) is 19.1 Å². The minimum atomic E-state index is 0.202. The van der Waals surface area contributed by atoms with Crippen molar-refractivity contribution in [3.63, 3.8) is 0 Å². The molecule has 0 spiro atoms. The third-order valence-electron chi connectivity index (χ3n) is 3.98. The molecule has 1 aliphatic carbocycles. The predicted molar refractivity (Wildman–Crippen MR) is 86.2 cm³/mol. The van der Waals surface area contributed by atoms with Gasteiger partial charge in [-0.25, -0.2) is 4.99 Å². The highest BCUT2D eigenvalue weighted by Gasteiger charge is 2.40. The molecular weight excluding hydrogens is 309 g/mol. The van der Waals surface area contributed by atoms with Crippen molar-refractivity contribution >= 4 is 29.2 Å². The average molecular weight is 328 g/mol. The Morgan fingerprint density at radius 2 is 2.24 bits per heavy atom. The normalized spacial score (nSPS) is 29.6. The second-order valence-electron chi connectivity index (χ2n) is 5.69. The summed E-state index contributed by atoms with van der Waals surface area (Å²) in [5, 5.41) is 1.37. The molecule has 3 rings (SSSR count). The molecule has 2 fully saturated rings. The maximum atomic E-state index is 6.24. The van der Waals surface area contributed by atoms with E-state index in [9.17, 15) is 0 Å². The number of hydrogen-bond donors (Lipinski definition) is 1. The highest BCUT2D eigenvalue weighted by atomic mass is 35.5. The lowest BCUT2D eigenvalue weighted by atomic mass is 10.1. The van der Waals surface area contributed by atoms with Crippen LogP contribution in [0.2, 0.25) is 10.0 Å². The number of halogens is 2. The first-order valence-electron chi connectivity index (χ1n) is 7.19. The van der Waals surface area contributed by atoms with Crippen LogP contribution in [-0.4, -0.2) is 42.7 Å². The number of nitrogens with zero attached hydrogens (tertiary/aromatic N) is 2. The molecule has 2 N–H and O–H groups in total. The molecule has 1 unspecified atom stereocenters. The van der Waals surface area contributed by atoms with Gasteiger partial charge >= 0.3 is 0 Å². The van der Waals surface area contributed by atoms with Gasteiger partial charge in [0, 0.05) is 29.1 Å². The second kappa shape index (κ2) is 6.03. The van der Waals surface area contributed by atoms with Gasteiger partial charge in [-0.05, 0) is 31.0 Å². The average Bonchev–Trinajstić information content (AvgIpc) is 3.17. The molecule has 21 heavy (non-hydrogen) atoms. The first-order chi connectivity index (χ1) is 10.0. The van der Waals surface area contributed by atoms with Crippen LogP contribution < -0.4 is 5.73 Å². The molecule has 1 heterocycles. The quantitative estimate of drug-likeness (QED) is 0.671. The second-order valence-corrected chi connectivity index (χ2v) is 6.53. The Morgan fingerprint density at radius 3 is 2.95 bits per heavy atom. The Balaban J connectivity index is 1.66. The summed E-state index contributed by atoms with van der Waals surface area (Å²) in [7, 11) is 0. The molecule has 1 aliphatic heterocycles. The highest BCUT2D eigenvalue weighted by Crippen LogP contribution is 2.46. The van der Waals surface area contributed by atoms with Crippen molar-refractivity contribution in [3.8, 4) is 0 Å². The topological polar surface area (TPSA) is 50.8 Å². The van der Waals surface area contributed by atoms with E-state index in [1.54, 1.807) is 6.07 Å². The van der Waals surface area contributed by atoms with E-state index in [4.69, 9.17) is 33.7 Å². The zero-order valence-electron chi connectivity index (χ0n) is 11.9. The lowest BCUT2D eigenvalue weighted by Crippen LogP contribution is -2.48. The molecule has 1 aromatic carbocycles. The van der Waals surface area contributed by atoms with Crippen LogP contribution in [0.5, 0.6) is 0 Å². The van der Waals surface area contributed by atoms with Crippen LogP contribution in [0.15, 0.2) is 23.2 Å². The minimum Gasteiger partial charge on any atom is -0.375 e. The van der Waals surface area contributed by atoms with E-state index in [0.29, 0.717) is 28.5 Å². The van der Waals surface area contributed by atoms with Gasteiger partial charge in [-0.15, -0.1) is 0 Å². The number of hydrogen-bond acceptors (Lipinski definition) is 2. The molecule has 3 atom stereocenters. The number of nitrogens with two attached hydrogens (primary N) is 1. The van der Waals surface area contributed by atoms with Crippen LogP contribution in [0, 0.1) is 0 Å². The lowest BCUT2D eigenvalue weighted by molar-refractivity contribution is 0.00528. The van der Waals surface area contributed by atoms with Gasteiger partial charge in [-0.3, -0.25) is 0 Å². The van der Waals surface area contributed by atoms with Gasteiger partial charge in [0.05, 0.1) is 18.8 Å². The monoisotopic (exact) mass is 327 g/mol. The third kappa shape index (κ3) is 3.44. The predicted octanol–water partition coefficient (Wildman–Crippen LogP) is 2.88. The molecule has 4 nitrogen and oxygen atoms in total. The van der Waals surface area contributed by atoms with Crippen molar-refractivity contribution in [1.82, 2.24) is 4.90 Å². The summed E-state index contributed by atoms with van der Waals surface area (Å²) in [4.78, 5) is 6.73. The molecule has 1 aromatic rings. The molecule has 1 saturated heterocycles. The molecule has 114 valence electrons. The zero-order valence-corrected chi connectivity index (χ0v) is 13.4. The molecule has 0 bridgehead atoms. The molecule has 2 aliphatic rings. The Kier molecular flexibility index (Phi) is 4.29. The van der Waals surface area contributed by atoms with Crippen molar-refractivity contribution in [2.75, 3.05) is 19.7 Å². The maximum absolute atomic E-state index is 6.24. The van der Waals surface area contributed by atoms with E-state index >= 15 is 0 Å². The van der Waals surface area contributed by atoms with Gasteiger partial charge in [0.25, 0.3) is 0 Å². The van der Waals surface area contributed by atoms with Crippen LogP contribution in [0.1, 0.15) is 24.8 Å². The van der Waals surface area contributed by atoms with Gasteiger partial charge in [0.2, 0.25) is 0 Å². The smallest absolute Gasteiger partial charge is 0.191 e. The Labute approximate surface area is 134 Å². The summed E-state index contributed by atoms with van der Waals surface area (Å²) < 4.78 is 5.51. The van der Waals surface area contributed by atoms with Crippen LogP contribution >= 0.6 is 23.2 Å². The van der Waals surface area contributed by atoms with E-state index in [0.717, 1.165) is 25.1 Å². The molecule has 6 heteroatoms. The summed E-state index contributed by atoms with van der Waals surface area (Å²) in [5.74, 6) is 0.967. The number of ether oxygens (including phenoxy) is 1. The minimum absolute atomic E-state index is 0.202. The SMILES string of the molecule is CC1CN(C(N)=N[C@@H]2C[C@H]2c2ccc(Cl)cc2Cl)CCO1. The van der Waals surface area contributed by atoms with Crippen molar-refractivity contribution in [2.24, 2.45) is 10.7 Å². The first-order valence-corrected chi connectivity index (χ1v) is 7.95. The summed E-state index contributed by atoms with van der Waals surface area (Å²) >= 11 is 12.2. The van der Waals surface area contributed by atoms with Gasteiger partial charge in [-0.1, -0.05) is 29.3 Å². The van der Waals surface area contributed by atoms with Gasteiger partial charge < -0.3 is 15.4 Å². The van der Waals surface area contributed by atoms with Crippen LogP contribution in [0.4, 0.5) is 0 Å². The van der Waals surface area contributed by atoms with Crippen molar-refractivity contribution in [1.29, 1.82) is 0 Å². The van der Waals surface area contributed by atoms with Gasteiger partial charge in [-0.2, -0.15) is 0 Å². The summed E-state index contributed by atoms with van der Waals surface area (Å²) in [6.07, 6.45) is 1.19. The molecule has 1 saturated carbocycles. The molecular formula is C15H19Cl2N3O. The number of benzene rings is 1. The van der Waals surface area contributed by atoms with Gasteiger partial charge in [0.1, 0.15) is 0 Å². The third-order valence-corrected chi connectivity index (χ3v) is 4.54. The largest absolute Gasteiger partial charge is 0.375 e. The van der Waals surface area contributed by atoms with Crippen LogP contribution in [0.3, 0.4) is 0 Å². The molecule has 0 radical (unpaired) electrons. The highest BCUT2D eigenvalue weighted by molar-refractivity contribution is 6.35. The lowest BCUT2D eigenvalue weighted by Gasteiger charge is -2.31.